The van der Waals surface area contributed by atoms with Crippen molar-refractivity contribution >= 4 is 6.09 Å². The Bertz CT molecular complexity index is 286. The number of ether oxygens (including phenoxy) is 1. The average Bonchev–Trinajstić information content (AvgIpc) is 2.33. The molecular formula is C15H30N2O2. The molecular weight excluding hydrogens is 240 g/mol. The van der Waals surface area contributed by atoms with Gasteiger partial charge in [0.1, 0.15) is 5.60 Å². The van der Waals surface area contributed by atoms with Gasteiger partial charge in [-0.15, -0.1) is 0 Å². The molecule has 0 bridgehead atoms. The Labute approximate surface area is 117 Å². The van der Waals surface area contributed by atoms with E-state index in [4.69, 9.17) is 10.5 Å². The summed E-state index contributed by atoms with van der Waals surface area (Å²) >= 11 is 0. The molecule has 0 saturated carbocycles. The van der Waals surface area contributed by atoms with Crippen LogP contribution < -0.4 is 5.73 Å². The van der Waals surface area contributed by atoms with Gasteiger partial charge in [-0.3, -0.25) is 0 Å². The van der Waals surface area contributed by atoms with E-state index in [-0.39, 0.29) is 6.09 Å². The number of nitrogens with zero attached hydrogens (tertiary/aromatic N) is 1. The van der Waals surface area contributed by atoms with Crippen LogP contribution in [-0.2, 0) is 4.74 Å². The fraction of sp³-hybridized carbons (Fsp3) is 0.933. The molecule has 1 heterocycles. The van der Waals surface area contributed by atoms with Gasteiger partial charge in [0, 0.05) is 12.6 Å². The third-order valence-corrected chi connectivity index (χ3v) is 3.68. The van der Waals surface area contributed by atoms with Gasteiger partial charge >= 0.3 is 6.09 Å². The molecule has 0 aromatic carbocycles. The number of carbonyl (C=O) groups is 1. The molecule has 1 aliphatic heterocycles. The van der Waals surface area contributed by atoms with Crippen LogP contribution >= 0.6 is 0 Å². The minimum Gasteiger partial charge on any atom is -0.444 e. The molecule has 0 aliphatic carbocycles. The summed E-state index contributed by atoms with van der Waals surface area (Å²) in [6.07, 6.45) is 5.23. The maximum atomic E-state index is 12.3. The van der Waals surface area contributed by atoms with Gasteiger partial charge in [0.2, 0.25) is 0 Å². The van der Waals surface area contributed by atoms with Crippen LogP contribution in [0, 0.1) is 5.92 Å². The van der Waals surface area contributed by atoms with Gasteiger partial charge in [0.25, 0.3) is 0 Å². The van der Waals surface area contributed by atoms with Crippen LogP contribution in [0.1, 0.15) is 59.8 Å². The summed E-state index contributed by atoms with van der Waals surface area (Å²) in [7, 11) is 0. The first kappa shape index (κ1) is 16.3. The fourth-order valence-corrected chi connectivity index (χ4v) is 2.62. The molecule has 112 valence electrons. The quantitative estimate of drug-likeness (QED) is 0.853. The van der Waals surface area contributed by atoms with Crippen LogP contribution in [0.2, 0.25) is 0 Å². The summed E-state index contributed by atoms with van der Waals surface area (Å²) in [5.41, 5.74) is 5.36. The van der Waals surface area contributed by atoms with Crippen molar-refractivity contribution in [2.24, 2.45) is 11.7 Å². The third-order valence-electron chi connectivity index (χ3n) is 3.68. The maximum Gasteiger partial charge on any atom is 0.410 e. The molecule has 1 aliphatic rings. The molecule has 0 radical (unpaired) electrons. The maximum absolute atomic E-state index is 12.3. The molecule has 4 nitrogen and oxygen atoms in total. The molecule has 1 amide bonds. The third kappa shape index (κ3) is 5.39. The lowest BCUT2D eigenvalue weighted by atomic mass is 9.88. The predicted octanol–water partition coefficient (Wildman–Crippen LogP) is 3.15. The summed E-state index contributed by atoms with van der Waals surface area (Å²) in [5.74, 6) is 0.556. The number of hydrogen-bond acceptors (Lipinski definition) is 3. The van der Waals surface area contributed by atoms with Gasteiger partial charge in [0.15, 0.2) is 0 Å². The van der Waals surface area contributed by atoms with Crippen LogP contribution in [0.3, 0.4) is 0 Å². The van der Waals surface area contributed by atoms with Crippen molar-refractivity contribution < 1.29 is 9.53 Å². The molecule has 1 saturated heterocycles. The van der Waals surface area contributed by atoms with Crippen LogP contribution in [0.25, 0.3) is 0 Å². The van der Waals surface area contributed by atoms with Gasteiger partial charge in [-0.1, -0.05) is 19.8 Å². The highest BCUT2D eigenvalue weighted by Gasteiger charge is 2.33. The highest BCUT2D eigenvalue weighted by atomic mass is 16.6. The zero-order valence-electron chi connectivity index (χ0n) is 12.9. The molecule has 1 fully saturated rings. The van der Waals surface area contributed by atoms with Gasteiger partial charge in [-0.2, -0.15) is 0 Å². The van der Waals surface area contributed by atoms with E-state index in [1.807, 2.05) is 25.7 Å². The number of rotatable bonds is 4. The van der Waals surface area contributed by atoms with E-state index in [1.54, 1.807) is 0 Å². The molecule has 0 aromatic rings. The van der Waals surface area contributed by atoms with Gasteiger partial charge < -0.3 is 15.4 Å². The molecule has 2 unspecified atom stereocenters. The largest absolute Gasteiger partial charge is 0.444 e. The monoisotopic (exact) mass is 270 g/mol. The van der Waals surface area contributed by atoms with Crippen molar-refractivity contribution in [3.05, 3.63) is 0 Å². The molecule has 0 spiro atoms. The van der Waals surface area contributed by atoms with E-state index in [2.05, 4.69) is 6.92 Å². The van der Waals surface area contributed by atoms with Gasteiger partial charge in [0.05, 0.1) is 0 Å². The molecule has 1 rings (SSSR count). The summed E-state index contributed by atoms with van der Waals surface area (Å²) in [4.78, 5) is 14.2. The van der Waals surface area contributed by atoms with E-state index in [1.165, 1.54) is 0 Å². The number of carbonyl (C=O) groups excluding carboxylic acids is 1. The zero-order valence-corrected chi connectivity index (χ0v) is 12.9. The molecule has 4 heteroatoms. The second-order valence-electron chi connectivity index (χ2n) is 6.60. The summed E-state index contributed by atoms with van der Waals surface area (Å²) in [6, 6.07) is 0.303. The Kier molecular flexibility index (Phi) is 6.11. The Balaban J connectivity index is 2.64. The number of likely N-dealkylation sites (tertiary alicyclic amines) is 1. The average molecular weight is 270 g/mol. The summed E-state index contributed by atoms with van der Waals surface area (Å²) in [6.45, 7) is 9.44. The fourth-order valence-electron chi connectivity index (χ4n) is 2.62. The first-order valence-corrected chi connectivity index (χ1v) is 7.57. The van der Waals surface area contributed by atoms with Gasteiger partial charge in [-0.05, 0) is 52.5 Å². The topological polar surface area (TPSA) is 55.6 Å². The number of piperidine rings is 1. The molecule has 19 heavy (non-hydrogen) atoms. The summed E-state index contributed by atoms with van der Waals surface area (Å²) < 4.78 is 5.51. The standard InChI is InChI=1S/C15H30N2O2/c1-5-6-7-13-10-12(11-16)8-9-17(13)14(18)19-15(2,3)4/h12-13H,5-11,16H2,1-4H3. The van der Waals surface area contributed by atoms with Crippen molar-refractivity contribution in [1.29, 1.82) is 0 Å². The molecule has 2 N–H and O–H groups in total. The summed E-state index contributed by atoms with van der Waals surface area (Å²) in [5, 5.41) is 0. The van der Waals surface area contributed by atoms with Crippen LogP contribution in [-0.4, -0.2) is 35.7 Å². The lowest BCUT2D eigenvalue weighted by molar-refractivity contribution is 0.00360. The van der Waals surface area contributed by atoms with Gasteiger partial charge in [-0.25, -0.2) is 4.79 Å². The highest BCUT2D eigenvalue weighted by molar-refractivity contribution is 5.68. The molecule has 2 atom stereocenters. The minimum atomic E-state index is -0.420. The Morgan fingerprint density at radius 3 is 2.63 bits per heavy atom. The van der Waals surface area contributed by atoms with E-state index in [0.717, 1.165) is 45.2 Å². The second-order valence-corrected chi connectivity index (χ2v) is 6.60. The van der Waals surface area contributed by atoms with Crippen LogP contribution in [0.5, 0.6) is 0 Å². The Hall–Kier alpha value is -0.770. The first-order valence-electron chi connectivity index (χ1n) is 7.57. The number of unbranched alkanes of at least 4 members (excludes halogenated alkanes) is 1. The lowest BCUT2D eigenvalue weighted by Crippen LogP contribution is -2.49. The van der Waals surface area contributed by atoms with Crippen molar-refractivity contribution in [3.8, 4) is 0 Å². The number of nitrogens with two attached hydrogens (primary N) is 1. The van der Waals surface area contributed by atoms with Crippen molar-refractivity contribution in [2.45, 2.75) is 71.4 Å². The van der Waals surface area contributed by atoms with Crippen molar-refractivity contribution in [2.75, 3.05) is 13.1 Å². The lowest BCUT2D eigenvalue weighted by Gasteiger charge is -2.40. The first-order chi connectivity index (χ1) is 8.87. The van der Waals surface area contributed by atoms with Crippen LogP contribution in [0.4, 0.5) is 4.79 Å². The Morgan fingerprint density at radius 1 is 1.42 bits per heavy atom. The zero-order chi connectivity index (χ0) is 14.5. The van der Waals surface area contributed by atoms with E-state index < -0.39 is 5.60 Å². The van der Waals surface area contributed by atoms with Crippen LogP contribution in [0.15, 0.2) is 0 Å². The smallest absolute Gasteiger partial charge is 0.410 e. The Morgan fingerprint density at radius 2 is 2.11 bits per heavy atom. The highest BCUT2D eigenvalue weighted by Crippen LogP contribution is 2.27. The normalized spacial score (nSPS) is 24.4. The number of amides is 1. The van der Waals surface area contributed by atoms with E-state index in [9.17, 15) is 4.79 Å². The molecule has 0 aromatic heterocycles. The predicted molar refractivity (Wildman–Crippen MR) is 78.0 cm³/mol. The minimum absolute atomic E-state index is 0.163. The van der Waals surface area contributed by atoms with E-state index >= 15 is 0 Å². The van der Waals surface area contributed by atoms with E-state index in [0.29, 0.717) is 12.0 Å². The number of hydrogen-bond donors (Lipinski definition) is 1. The SMILES string of the molecule is CCCCC1CC(CN)CCN1C(=O)OC(C)(C)C. The second kappa shape index (κ2) is 7.13. The van der Waals surface area contributed by atoms with Crippen molar-refractivity contribution in [1.82, 2.24) is 4.90 Å². The van der Waals surface area contributed by atoms with Crippen molar-refractivity contribution in [3.63, 3.8) is 0 Å².